The van der Waals surface area contributed by atoms with Crippen molar-refractivity contribution in [3.8, 4) is 68.9 Å². The maximum atomic E-state index is 11.0. The van der Waals surface area contributed by atoms with Crippen LogP contribution in [0.3, 0.4) is 0 Å². The minimum atomic E-state index is 0.334. The van der Waals surface area contributed by atoms with Gasteiger partial charge in [-0.3, -0.25) is 0 Å². The van der Waals surface area contributed by atoms with Crippen molar-refractivity contribution in [3.63, 3.8) is 0 Å². The zero-order chi connectivity index (χ0) is 80.0. The van der Waals surface area contributed by atoms with Crippen molar-refractivity contribution in [2.24, 2.45) is 0 Å². The topological polar surface area (TPSA) is 103 Å². The van der Waals surface area contributed by atoms with Crippen LogP contribution in [0.1, 0.15) is 515 Å². The zero-order valence-corrected chi connectivity index (χ0v) is 75.0. The smallest absolute Gasteiger partial charge is 0.203 e. The van der Waals surface area contributed by atoms with E-state index in [4.69, 9.17) is 28.4 Å². The fraction of sp³-hybridized carbons (Fsp3) is 0.808. The molecule has 0 spiro atoms. The summed E-state index contributed by atoms with van der Waals surface area (Å²) in [6.45, 7) is 17.2. The highest BCUT2D eigenvalue weighted by Gasteiger charge is 2.24. The van der Waals surface area contributed by atoms with Gasteiger partial charge in [0.2, 0.25) is 11.5 Å². The van der Waals surface area contributed by atoms with Crippen molar-refractivity contribution >= 4 is 0 Å². The van der Waals surface area contributed by atoms with E-state index in [1.54, 1.807) is 0 Å². The van der Waals surface area contributed by atoms with Crippen LogP contribution in [-0.2, 0) is 0 Å². The molecule has 0 aliphatic rings. The second-order valence-corrected chi connectivity index (χ2v) is 34.2. The molecule has 0 saturated carbocycles. The molecule has 3 aromatic carbocycles. The van der Waals surface area contributed by atoms with Crippen molar-refractivity contribution in [2.45, 2.75) is 504 Å². The summed E-state index contributed by atoms with van der Waals surface area (Å²) in [6.07, 6.45) is 92.1. The summed E-state index contributed by atoms with van der Waals surface area (Å²) in [4.78, 5) is 0. The average Bonchev–Trinajstić information content (AvgIpc) is 0.766. The van der Waals surface area contributed by atoms with Gasteiger partial charge in [-0.25, -0.2) is 0 Å². The van der Waals surface area contributed by atoms with Gasteiger partial charge in [0.05, 0.1) is 50.8 Å². The van der Waals surface area contributed by atoms with Crippen LogP contribution in [0.15, 0.2) is 36.4 Å². The molecular weight excluding hydrogens is 1370 g/mol. The van der Waals surface area contributed by atoms with E-state index in [0.717, 1.165) is 99.3 Å². The molecule has 0 aliphatic carbocycles. The van der Waals surface area contributed by atoms with Gasteiger partial charge in [0.25, 0.3) is 0 Å². The third-order valence-electron chi connectivity index (χ3n) is 23.6. The third-order valence-corrected chi connectivity index (χ3v) is 23.6. The van der Waals surface area contributed by atoms with Crippen LogP contribution in [0.2, 0.25) is 0 Å². The monoisotopic (exact) mass is 1550 g/mol. The fourth-order valence-electron chi connectivity index (χ4n) is 16.2. The van der Waals surface area contributed by atoms with E-state index in [1.165, 1.54) is 385 Å². The van der Waals surface area contributed by atoms with Gasteiger partial charge in [0.1, 0.15) is 12.1 Å². The minimum Gasteiger partial charge on any atom is -0.490 e. The fourth-order valence-corrected chi connectivity index (χ4v) is 16.2. The van der Waals surface area contributed by atoms with Crippen LogP contribution in [-0.4, -0.2) is 39.6 Å². The molecule has 0 bridgehead atoms. The Hall–Kier alpha value is -4.56. The lowest BCUT2D eigenvalue weighted by molar-refractivity contribution is 0.234. The number of hydrogen-bond acceptors (Lipinski definition) is 8. The zero-order valence-electron chi connectivity index (χ0n) is 75.0. The molecule has 0 N–H and O–H groups in total. The molecular formula is C104H180N2O6. The van der Waals surface area contributed by atoms with Gasteiger partial charge in [-0.05, 0) is 97.2 Å². The molecule has 0 radical (unpaired) electrons. The number of nitrogens with zero attached hydrogens (tertiary/aromatic N) is 2. The van der Waals surface area contributed by atoms with E-state index in [9.17, 15) is 10.5 Å². The lowest BCUT2D eigenvalue weighted by Gasteiger charge is -2.22. The van der Waals surface area contributed by atoms with Crippen LogP contribution in [0, 0.1) is 22.7 Å². The van der Waals surface area contributed by atoms with Crippen molar-refractivity contribution in [3.05, 3.63) is 47.5 Å². The SMILES string of the molecule is CCCCCCCCCCCCCCOc1cc(-c2cc(C#N)c(C#N)cc2-c2cc(OCCCCCCCCCCCCCC)c(OCCCCCCCCCCCCCC)c(OCCCCCCCCCCCCCC)c2)cc(OCCCCCCCCCCCCCC)c1OCCCCCCCCCCCCCC. The van der Waals surface area contributed by atoms with Crippen molar-refractivity contribution in [1.29, 1.82) is 10.5 Å². The number of ether oxygens (including phenoxy) is 6. The van der Waals surface area contributed by atoms with E-state index >= 15 is 0 Å². The highest BCUT2D eigenvalue weighted by molar-refractivity contribution is 5.89. The molecule has 642 valence electrons. The molecule has 8 nitrogen and oxygen atoms in total. The normalized spacial score (nSPS) is 11.4. The molecule has 0 saturated heterocycles. The van der Waals surface area contributed by atoms with Crippen LogP contribution in [0.25, 0.3) is 22.3 Å². The van der Waals surface area contributed by atoms with Crippen LogP contribution in [0.5, 0.6) is 34.5 Å². The lowest BCUT2D eigenvalue weighted by Crippen LogP contribution is -2.07. The van der Waals surface area contributed by atoms with E-state index in [0.29, 0.717) is 85.3 Å². The molecule has 3 aromatic rings. The first-order valence-electron chi connectivity index (χ1n) is 49.6. The van der Waals surface area contributed by atoms with Crippen molar-refractivity contribution in [1.82, 2.24) is 0 Å². The Morgan fingerprint density at radius 3 is 0.455 bits per heavy atom. The highest BCUT2D eigenvalue weighted by atomic mass is 16.5. The Balaban J connectivity index is 2.16. The number of hydrogen-bond donors (Lipinski definition) is 0. The predicted molar refractivity (Wildman–Crippen MR) is 486 cm³/mol. The molecule has 0 amide bonds. The van der Waals surface area contributed by atoms with Crippen LogP contribution in [0.4, 0.5) is 0 Å². The van der Waals surface area contributed by atoms with Gasteiger partial charge in [-0.2, -0.15) is 10.5 Å². The van der Waals surface area contributed by atoms with Crippen molar-refractivity contribution in [2.75, 3.05) is 39.6 Å². The van der Waals surface area contributed by atoms with Gasteiger partial charge >= 0.3 is 0 Å². The van der Waals surface area contributed by atoms with Crippen LogP contribution >= 0.6 is 0 Å². The Bertz CT molecular complexity index is 2370. The van der Waals surface area contributed by atoms with Gasteiger partial charge in [-0.15, -0.1) is 0 Å². The summed E-state index contributed by atoms with van der Waals surface area (Å²) < 4.78 is 42.3. The minimum absolute atomic E-state index is 0.334. The average molecular weight is 1550 g/mol. The second-order valence-electron chi connectivity index (χ2n) is 34.2. The molecule has 0 atom stereocenters. The standard InChI is InChI=1S/C104H180N2O6/c1-7-13-19-25-31-37-43-49-55-61-67-73-79-107-99-87-93(88-100(108-80-74-68-62-56-50-44-38-32-26-20-14-8-2)103(99)111-83-77-71-65-59-53-47-41-35-29-23-17-11-5)97-85-95(91-105)96(92-106)86-98(97)94-89-101(109-81-75-69-63-57-51-45-39-33-27-21-15-9-3)104(112-84-78-72-66-60-54-48-42-36-30-24-18-12-6)102(90-94)110-82-76-70-64-58-52-46-40-34-28-22-16-10-4/h85-90H,7-84H2,1-6H3. The van der Waals surface area contributed by atoms with Crippen molar-refractivity contribution < 1.29 is 28.4 Å². The first kappa shape index (κ1) is 102. The summed E-state index contributed by atoms with van der Waals surface area (Å²) in [5, 5.41) is 21.9. The lowest BCUT2D eigenvalue weighted by atomic mass is 9.90. The Labute approximate surface area is 694 Å². The number of unbranched alkanes of at least 4 members (excludes halogenated alkanes) is 66. The Morgan fingerprint density at radius 1 is 0.179 bits per heavy atom. The quantitative estimate of drug-likeness (QED) is 0.0515. The highest BCUT2D eigenvalue weighted by Crippen LogP contribution is 2.48. The van der Waals surface area contributed by atoms with Crippen LogP contribution < -0.4 is 28.4 Å². The van der Waals surface area contributed by atoms with E-state index in [2.05, 4.69) is 77.9 Å². The molecule has 3 rings (SSSR count). The first-order valence-corrected chi connectivity index (χ1v) is 49.6. The van der Waals surface area contributed by atoms with E-state index in [-0.39, 0.29) is 0 Å². The number of benzene rings is 3. The van der Waals surface area contributed by atoms with Gasteiger partial charge in [-0.1, -0.05) is 465 Å². The predicted octanol–water partition coefficient (Wildman–Crippen LogP) is 35.2. The molecule has 0 aliphatic heterocycles. The molecule has 112 heavy (non-hydrogen) atoms. The molecule has 0 heterocycles. The van der Waals surface area contributed by atoms with E-state index < -0.39 is 0 Å². The molecule has 0 fully saturated rings. The maximum absolute atomic E-state index is 11.0. The molecule has 8 heteroatoms. The summed E-state index contributed by atoms with van der Waals surface area (Å²) in [7, 11) is 0. The number of rotatable bonds is 86. The Kier molecular flexibility index (Phi) is 70.5. The molecule has 0 aromatic heterocycles. The van der Waals surface area contributed by atoms with Gasteiger partial charge < -0.3 is 28.4 Å². The summed E-state index contributed by atoms with van der Waals surface area (Å²) in [6, 6.07) is 17.3. The third kappa shape index (κ3) is 54.4. The second kappa shape index (κ2) is 77.7. The largest absolute Gasteiger partial charge is 0.490 e. The first-order chi connectivity index (χ1) is 55.5. The molecule has 0 unspecified atom stereocenters. The summed E-state index contributed by atoms with van der Waals surface area (Å²) >= 11 is 0. The van der Waals surface area contributed by atoms with Gasteiger partial charge in [0.15, 0.2) is 23.0 Å². The Morgan fingerprint density at radius 2 is 0.312 bits per heavy atom. The number of nitriles is 2. The van der Waals surface area contributed by atoms with Gasteiger partial charge in [0, 0.05) is 0 Å². The maximum Gasteiger partial charge on any atom is 0.203 e. The summed E-state index contributed by atoms with van der Waals surface area (Å²) in [5.74, 6) is 4.07. The van der Waals surface area contributed by atoms with E-state index in [1.807, 2.05) is 12.1 Å². The summed E-state index contributed by atoms with van der Waals surface area (Å²) in [5.41, 5.74) is 4.01.